The number of hydrogen-bond donors (Lipinski definition) is 2. The van der Waals surface area contributed by atoms with Crippen molar-refractivity contribution in [3.05, 3.63) is 35.4 Å². The molecule has 0 radical (unpaired) electrons. The summed E-state index contributed by atoms with van der Waals surface area (Å²) in [5.74, 6) is -0.496. The van der Waals surface area contributed by atoms with Gasteiger partial charge in [-0.15, -0.1) is 0 Å². The molecule has 1 aliphatic heterocycles. The fourth-order valence-corrected chi connectivity index (χ4v) is 1.77. The van der Waals surface area contributed by atoms with E-state index in [1.54, 1.807) is 0 Å². The topological polar surface area (TPSA) is 70.6 Å². The first-order chi connectivity index (χ1) is 9.86. The molecule has 5 nitrogen and oxygen atoms in total. The summed E-state index contributed by atoms with van der Waals surface area (Å²) in [4.78, 5) is 26.3. The second-order valence-corrected chi connectivity index (χ2v) is 4.42. The first-order valence-corrected chi connectivity index (χ1v) is 6.16. The third-order valence-corrected chi connectivity index (χ3v) is 2.87. The van der Waals surface area contributed by atoms with Crippen molar-refractivity contribution in [2.75, 3.05) is 6.54 Å². The third-order valence-electron chi connectivity index (χ3n) is 2.87. The zero-order chi connectivity index (χ0) is 15.5. The van der Waals surface area contributed by atoms with Gasteiger partial charge in [-0.2, -0.15) is 18.2 Å². The second-order valence-electron chi connectivity index (χ2n) is 4.42. The number of hydrogen-bond acceptors (Lipinski definition) is 2. The highest BCUT2D eigenvalue weighted by Gasteiger charge is 2.29. The minimum atomic E-state index is -4.38. The van der Waals surface area contributed by atoms with Crippen LogP contribution < -0.4 is 10.6 Å². The summed E-state index contributed by atoms with van der Waals surface area (Å²) in [6, 6.07) is 3.91. The van der Waals surface area contributed by atoms with E-state index < -0.39 is 23.7 Å². The maximum Gasteiger partial charge on any atom is 0.416 e. The largest absolute Gasteiger partial charge is 0.416 e. The van der Waals surface area contributed by atoms with Gasteiger partial charge in [0.2, 0.25) is 0 Å². The Morgan fingerprint density at radius 2 is 1.95 bits per heavy atom. The van der Waals surface area contributed by atoms with Crippen molar-refractivity contribution in [3.63, 3.8) is 0 Å². The van der Waals surface area contributed by atoms with E-state index in [0.717, 1.165) is 12.1 Å². The minimum Gasteiger partial charge on any atom is -0.347 e. The van der Waals surface area contributed by atoms with Crippen LogP contribution in [0, 0.1) is 0 Å². The zero-order valence-electron chi connectivity index (χ0n) is 10.8. The molecule has 21 heavy (non-hydrogen) atoms. The molecule has 0 aliphatic carbocycles. The number of aliphatic imine (C=N–C) groups is 1. The normalized spacial score (nSPS) is 15.2. The molecule has 0 atom stereocenters. The lowest BCUT2D eigenvalue weighted by atomic mass is 10.1. The quantitative estimate of drug-likeness (QED) is 0.894. The van der Waals surface area contributed by atoms with Crippen LogP contribution in [-0.2, 0) is 17.5 Å². The number of urea groups is 1. The number of rotatable bonds is 3. The van der Waals surface area contributed by atoms with Gasteiger partial charge in [0.1, 0.15) is 5.71 Å². The van der Waals surface area contributed by atoms with Gasteiger partial charge in [0.25, 0.3) is 5.91 Å². The molecular weight excluding hydrogens is 287 g/mol. The van der Waals surface area contributed by atoms with Crippen LogP contribution >= 0.6 is 0 Å². The second kappa shape index (κ2) is 5.94. The fraction of sp³-hybridized carbons (Fsp3) is 0.308. The molecule has 0 fully saturated rings. The van der Waals surface area contributed by atoms with Gasteiger partial charge in [0.05, 0.1) is 5.56 Å². The third kappa shape index (κ3) is 4.04. The van der Waals surface area contributed by atoms with Gasteiger partial charge >= 0.3 is 12.2 Å². The molecule has 2 rings (SSSR count). The van der Waals surface area contributed by atoms with Crippen LogP contribution in [0.4, 0.5) is 18.0 Å². The molecule has 1 aromatic carbocycles. The van der Waals surface area contributed by atoms with Crippen molar-refractivity contribution in [2.45, 2.75) is 19.1 Å². The number of halogens is 3. The van der Waals surface area contributed by atoms with Gasteiger partial charge in [0.15, 0.2) is 0 Å². The Labute approximate surface area is 118 Å². The number of carbonyl (C=O) groups excluding carboxylic acids is 2. The van der Waals surface area contributed by atoms with Crippen molar-refractivity contribution in [1.29, 1.82) is 0 Å². The number of benzene rings is 1. The molecule has 112 valence electrons. The first kappa shape index (κ1) is 15.0. The van der Waals surface area contributed by atoms with E-state index in [2.05, 4.69) is 15.6 Å². The summed E-state index contributed by atoms with van der Waals surface area (Å²) in [6.45, 7) is 0.406. The predicted molar refractivity (Wildman–Crippen MR) is 68.7 cm³/mol. The highest BCUT2D eigenvalue weighted by Crippen LogP contribution is 2.28. The Morgan fingerprint density at radius 3 is 2.52 bits per heavy atom. The van der Waals surface area contributed by atoms with Gasteiger partial charge in [-0.25, -0.2) is 4.79 Å². The molecule has 0 aromatic heterocycles. The Hall–Kier alpha value is -2.38. The maximum atomic E-state index is 12.4. The van der Waals surface area contributed by atoms with E-state index in [4.69, 9.17) is 0 Å². The van der Waals surface area contributed by atoms with E-state index >= 15 is 0 Å². The van der Waals surface area contributed by atoms with E-state index in [0.29, 0.717) is 18.5 Å². The number of amides is 3. The molecule has 2 N–H and O–H groups in total. The Morgan fingerprint density at radius 1 is 1.29 bits per heavy atom. The lowest BCUT2D eigenvalue weighted by Gasteiger charge is -2.12. The smallest absolute Gasteiger partial charge is 0.347 e. The van der Waals surface area contributed by atoms with Crippen LogP contribution in [0.2, 0.25) is 0 Å². The fourth-order valence-electron chi connectivity index (χ4n) is 1.77. The van der Waals surface area contributed by atoms with Crippen molar-refractivity contribution >= 4 is 17.6 Å². The number of alkyl halides is 3. The monoisotopic (exact) mass is 299 g/mol. The molecular formula is C13H12F3N3O2. The van der Waals surface area contributed by atoms with Crippen LogP contribution in [0.15, 0.2) is 29.3 Å². The summed E-state index contributed by atoms with van der Waals surface area (Å²) in [7, 11) is 0. The molecule has 1 aromatic rings. The lowest BCUT2D eigenvalue weighted by molar-refractivity contribution is -0.137. The molecule has 0 saturated carbocycles. The van der Waals surface area contributed by atoms with Crippen molar-refractivity contribution in [3.8, 4) is 0 Å². The zero-order valence-corrected chi connectivity index (χ0v) is 10.8. The van der Waals surface area contributed by atoms with Crippen LogP contribution in [0.1, 0.15) is 17.5 Å². The van der Waals surface area contributed by atoms with Gasteiger partial charge in [-0.3, -0.25) is 4.79 Å². The number of nitrogens with zero attached hydrogens (tertiary/aromatic N) is 1. The molecule has 0 saturated heterocycles. The molecule has 0 unspecified atom stereocenters. The van der Waals surface area contributed by atoms with Gasteiger partial charge in [-0.05, 0) is 17.7 Å². The minimum absolute atomic E-state index is 0.0671. The average Bonchev–Trinajstić information content (AvgIpc) is 2.44. The van der Waals surface area contributed by atoms with Crippen molar-refractivity contribution in [2.24, 2.45) is 4.99 Å². The molecule has 1 aliphatic rings. The Balaban J connectivity index is 1.94. The Kier molecular flexibility index (Phi) is 4.25. The van der Waals surface area contributed by atoms with Crippen LogP contribution in [0.25, 0.3) is 0 Å². The lowest BCUT2D eigenvalue weighted by Crippen LogP contribution is -2.38. The van der Waals surface area contributed by atoms with Crippen LogP contribution in [0.5, 0.6) is 0 Å². The van der Waals surface area contributed by atoms with Gasteiger partial charge in [0, 0.05) is 19.5 Å². The highest BCUT2D eigenvalue weighted by molar-refractivity contribution is 6.40. The number of carbonyl (C=O) groups is 2. The summed E-state index contributed by atoms with van der Waals surface area (Å²) in [6.07, 6.45) is -4.06. The predicted octanol–water partition coefficient (Wildman–Crippen LogP) is 1.88. The SMILES string of the molecule is O=C1N=C(C(=O)NCc2ccc(C(F)(F)F)cc2)CCN1. The van der Waals surface area contributed by atoms with Gasteiger partial charge < -0.3 is 10.6 Å². The summed E-state index contributed by atoms with van der Waals surface area (Å²) in [5.41, 5.74) is -0.103. The van der Waals surface area contributed by atoms with Crippen molar-refractivity contribution in [1.82, 2.24) is 10.6 Å². The molecule has 8 heteroatoms. The highest BCUT2D eigenvalue weighted by atomic mass is 19.4. The molecule has 0 bridgehead atoms. The maximum absolute atomic E-state index is 12.4. The van der Waals surface area contributed by atoms with Crippen LogP contribution in [-0.4, -0.2) is 24.2 Å². The molecule has 0 spiro atoms. The van der Waals surface area contributed by atoms with Gasteiger partial charge in [-0.1, -0.05) is 12.1 Å². The van der Waals surface area contributed by atoms with Crippen molar-refractivity contribution < 1.29 is 22.8 Å². The Bertz CT molecular complexity index is 579. The summed E-state index contributed by atoms with van der Waals surface area (Å²) < 4.78 is 37.2. The van der Waals surface area contributed by atoms with E-state index in [9.17, 15) is 22.8 Å². The first-order valence-electron chi connectivity index (χ1n) is 6.16. The summed E-state index contributed by atoms with van der Waals surface area (Å²) in [5, 5.41) is 4.96. The number of nitrogens with one attached hydrogen (secondary N) is 2. The average molecular weight is 299 g/mol. The van der Waals surface area contributed by atoms with Crippen LogP contribution in [0.3, 0.4) is 0 Å². The molecule has 1 heterocycles. The van der Waals surface area contributed by atoms with E-state index in [1.807, 2.05) is 0 Å². The standard InChI is InChI=1S/C13H12F3N3O2/c14-13(15,16)9-3-1-8(2-4-9)7-18-11(20)10-5-6-17-12(21)19-10/h1-4H,5-7H2,(H,17,21)(H,18,20). The summed E-state index contributed by atoms with van der Waals surface area (Å²) >= 11 is 0. The van der Waals surface area contributed by atoms with E-state index in [-0.39, 0.29) is 12.3 Å². The molecule has 3 amide bonds. The van der Waals surface area contributed by atoms with E-state index in [1.165, 1.54) is 12.1 Å².